The van der Waals surface area contributed by atoms with E-state index >= 15 is 0 Å². The van der Waals surface area contributed by atoms with Gasteiger partial charge >= 0.3 is 0 Å². The zero-order chi connectivity index (χ0) is 5.61. The van der Waals surface area contributed by atoms with Crippen LogP contribution in [-0.4, -0.2) is 12.6 Å². The van der Waals surface area contributed by atoms with Gasteiger partial charge < -0.3 is 5.32 Å². The van der Waals surface area contributed by atoms with E-state index in [1.165, 1.54) is 25.8 Å². The molecule has 1 heteroatoms. The van der Waals surface area contributed by atoms with E-state index in [1.807, 2.05) is 0 Å². The van der Waals surface area contributed by atoms with Crippen LogP contribution < -0.4 is 5.32 Å². The summed E-state index contributed by atoms with van der Waals surface area (Å²) in [5, 5.41) is 3.43. The molecule has 0 spiro atoms. The van der Waals surface area contributed by atoms with Gasteiger partial charge in [0, 0.05) is 6.04 Å². The van der Waals surface area contributed by atoms with Gasteiger partial charge in [-0.15, -0.1) is 0 Å². The third kappa shape index (κ3) is 0.408. The first-order chi connectivity index (χ1) is 3.81. The fraction of sp³-hybridized carbons (Fsp3) is 0.857. The molecule has 1 saturated carbocycles. The van der Waals surface area contributed by atoms with Crippen molar-refractivity contribution in [2.75, 3.05) is 6.54 Å². The molecule has 2 fully saturated rings. The average Bonchev–Trinajstić information content (AvgIpc) is 1.94. The Balaban J connectivity index is 2.14. The van der Waals surface area contributed by atoms with Gasteiger partial charge in [0.15, 0.2) is 0 Å². The van der Waals surface area contributed by atoms with Gasteiger partial charge in [0.1, 0.15) is 0 Å². The highest BCUT2D eigenvalue weighted by atomic mass is 15.0. The van der Waals surface area contributed by atoms with Crippen LogP contribution in [0.2, 0.25) is 0 Å². The molecule has 2 aliphatic rings. The van der Waals surface area contributed by atoms with Crippen LogP contribution in [0.1, 0.15) is 19.3 Å². The molecule has 1 heterocycles. The normalized spacial score (nSPS) is 52.9. The van der Waals surface area contributed by atoms with Crippen LogP contribution in [0.15, 0.2) is 0 Å². The number of hydrogen-bond acceptors (Lipinski definition) is 1. The Morgan fingerprint density at radius 2 is 2.38 bits per heavy atom. The van der Waals surface area contributed by atoms with Gasteiger partial charge in [-0.1, -0.05) is 0 Å². The van der Waals surface area contributed by atoms with Crippen LogP contribution >= 0.6 is 0 Å². The van der Waals surface area contributed by atoms with Crippen molar-refractivity contribution in [2.45, 2.75) is 25.3 Å². The van der Waals surface area contributed by atoms with Gasteiger partial charge in [-0.3, -0.25) is 0 Å². The standard InChI is InChI=1S/C7H12N/c1-7-3-2-6(7)8-5-4-7/h6,8H,1-5H2. The van der Waals surface area contributed by atoms with Crippen LogP contribution in [0.4, 0.5) is 0 Å². The predicted molar refractivity (Wildman–Crippen MR) is 33.4 cm³/mol. The van der Waals surface area contributed by atoms with Crippen molar-refractivity contribution in [3.05, 3.63) is 6.92 Å². The monoisotopic (exact) mass is 110 g/mol. The van der Waals surface area contributed by atoms with Crippen LogP contribution in [0.3, 0.4) is 0 Å². The summed E-state index contributed by atoms with van der Waals surface area (Å²) in [4.78, 5) is 0. The minimum atomic E-state index is 0.472. The SMILES string of the molecule is [CH2]C12CCNC1CC2. The Bertz CT molecular complexity index is 111. The molecule has 0 aromatic rings. The second kappa shape index (κ2) is 1.27. The van der Waals surface area contributed by atoms with E-state index < -0.39 is 0 Å². The van der Waals surface area contributed by atoms with Crippen molar-refractivity contribution in [3.8, 4) is 0 Å². The second-order valence-electron chi connectivity index (χ2n) is 3.16. The molecule has 1 N–H and O–H groups in total. The minimum Gasteiger partial charge on any atom is -0.313 e. The van der Waals surface area contributed by atoms with Crippen LogP contribution in [0.5, 0.6) is 0 Å². The second-order valence-corrected chi connectivity index (χ2v) is 3.16. The average molecular weight is 110 g/mol. The highest BCUT2D eigenvalue weighted by Crippen LogP contribution is 2.46. The molecule has 8 heavy (non-hydrogen) atoms. The molecule has 2 unspecified atom stereocenters. The lowest BCUT2D eigenvalue weighted by Crippen LogP contribution is -2.43. The van der Waals surface area contributed by atoms with E-state index in [4.69, 9.17) is 0 Å². The third-order valence-corrected chi connectivity index (χ3v) is 2.68. The molecular weight excluding hydrogens is 98.1 g/mol. The summed E-state index contributed by atoms with van der Waals surface area (Å²) in [5.41, 5.74) is 0.472. The smallest absolute Gasteiger partial charge is 0.0124 e. The van der Waals surface area contributed by atoms with Crippen molar-refractivity contribution < 1.29 is 0 Å². The van der Waals surface area contributed by atoms with Crippen molar-refractivity contribution in [1.29, 1.82) is 0 Å². The van der Waals surface area contributed by atoms with Crippen molar-refractivity contribution >= 4 is 0 Å². The zero-order valence-corrected chi connectivity index (χ0v) is 5.11. The first kappa shape index (κ1) is 4.80. The van der Waals surface area contributed by atoms with E-state index in [0.717, 1.165) is 6.04 Å². The largest absolute Gasteiger partial charge is 0.313 e. The fourth-order valence-electron chi connectivity index (χ4n) is 1.81. The number of nitrogens with one attached hydrogen (secondary N) is 1. The van der Waals surface area contributed by atoms with Crippen molar-refractivity contribution in [2.24, 2.45) is 5.41 Å². The Hall–Kier alpha value is -0.0400. The number of fused-ring (bicyclic) bond motifs is 1. The Morgan fingerprint density at radius 3 is 2.62 bits per heavy atom. The van der Waals surface area contributed by atoms with E-state index in [2.05, 4.69) is 12.2 Å². The molecule has 2 rings (SSSR count). The number of hydrogen-bond donors (Lipinski definition) is 1. The summed E-state index contributed by atoms with van der Waals surface area (Å²) in [6.45, 7) is 5.38. The molecule has 45 valence electrons. The van der Waals surface area contributed by atoms with Gasteiger partial charge in [-0.25, -0.2) is 0 Å². The molecule has 2 atom stereocenters. The van der Waals surface area contributed by atoms with Gasteiger partial charge in [-0.05, 0) is 38.1 Å². The van der Waals surface area contributed by atoms with Crippen molar-refractivity contribution in [1.82, 2.24) is 5.32 Å². The first-order valence-corrected chi connectivity index (χ1v) is 3.40. The molecule has 0 aromatic carbocycles. The van der Waals surface area contributed by atoms with Gasteiger partial charge in [0.05, 0.1) is 0 Å². The molecule has 1 saturated heterocycles. The van der Waals surface area contributed by atoms with Crippen LogP contribution in [-0.2, 0) is 0 Å². The molecule has 0 amide bonds. The highest BCUT2D eigenvalue weighted by molar-refractivity contribution is 5.06. The van der Waals surface area contributed by atoms with E-state index in [1.54, 1.807) is 0 Å². The summed E-state index contributed by atoms with van der Waals surface area (Å²) in [7, 11) is 0. The molecule has 1 aliphatic heterocycles. The van der Waals surface area contributed by atoms with Crippen LogP contribution in [0.25, 0.3) is 0 Å². The number of rotatable bonds is 0. The highest BCUT2D eigenvalue weighted by Gasteiger charge is 2.45. The lowest BCUT2D eigenvalue weighted by Gasteiger charge is -2.41. The first-order valence-electron chi connectivity index (χ1n) is 3.40. The minimum absolute atomic E-state index is 0.472. The summed E-state index contributed by atoms with van der Waals surface area (Å²) >= 11 is 0. The van der Waals surface area contributed by atoms with Crippen LogP contribution in [0, 0.1) is 12.3 Å². The summed E-state index contributed by atoms with van der Waals surface area (Å²) in [5.74, 6) is 0. The van der Waals surface area contributed by atoms with Gasteiger partial charge in [-0.2, -0.15) is 0 Å². The summed E-state index contributed by atoms with van der Waals surface area (Å²) in [6, 6.07) is 0.780. The van der Waals surface area contributed by atoms with Gasteiger partial charge in [0.2, 0.25) is 0 Å². The molecule has 1 nitrogen and oxygen atoms in total. The Labute approximate surface area is 50.5 Å². The Kier molecular flexibility index (Phi) is 0.762. The summed E-state index contributed by atoms with van der Waals surface area (Å²) < 4.78 is 0. The molecule has 0 bridgehead atoms. The maximum Gasteiger partial charge on any atom is 0.0124 e. The van der Waals surface area contributed by atoms with Gasteiger partial charge in [0.25, 0.3) is 0 Å². The van der Waals surface area contributed by atoms with E-state index in [9.17, 15) is 0 Å². The van der Waals surface area contributed by atoms with Crippen molar-refractivity contribution in [3.63, 3.8) is 0 Å². The lowest BCUT2D eigenvalue weighted by atomic mass is 9.67. The molecule has 1 aliphatic carbocycles. The Morgan fingerprint density at radius 1 is 1.50 bits per heavy atom. The molecular formula is C7H12N. The fourth-order valence-corrected chi connectivity index (χ4v) is 1.81. The van der Waals surface area contributed by atoms with E-state index in [0.29, 0.717) is 5.41 Å². The third-order valence-electron chi connectivity index (χ3n) is 2.68. The maximum atomic E-state index is 4.17. The molecule has 1 radical (unpaired) electrons. The topological polar surface area (TPSA) is 12.0 Å². The maximum absolute atomic E-state index is 4.17. The summed E-state index contributed by atoms with van der Waals surface area (Å²) in [6.07, 6.45) is 4.02. The molecule has 0 aromatic heterocycles. The van der Waals surface area contributed by atoms with E-state index in [-0.39, 0.29) is 0 Å². The lowest BCUT2D eigenvalue weighted by molar-refractivity contribution is 0.174. The predicted octanol–water partition coefficient (Wildman–Crippen LogP) is 0.963. The quantitative estimate of drug-likeness (QED) is 0.490. The zero-order valence-electron chi connectivity index (χ0n) is 5.11.